The van der Waals surface area contributed by atoms with Crippen LogP contribution in [0.3, 0.4) is 0 Å². The lowest BCUT2D eigenvalue weighted by Crippen LogP contribution is -2.57. The summed E-state index contributed by atoms with van der Waals surface area (Å²) in [5.74, 6) is -2.06. The fraction of sp³-hybridized carbons (Fsp3) is 0.500. The molecule has 1 aromatic carbocycles. The van der Waals surface area contributed by atoms with Gasteiger partial charge in [-0.25, -0.2) is 10.2 Å². The first-order valence-electron chi connectivity index (χ1n) is 8.70. The molecule has 0 spiro atoms. The molecule has 0 radical (unpaired) electrons. The number of carboxylic acids is 1. The fourth-order valence-electron chi connectivity index (χ4n) is 2.80. The van der Waals surface area contributed by atoms with Gasteiger partial charge in [0.1, 0.15) is 12.1 Å². The third-order valence-electron chi connectivity index (χ3n) is 4.45. The zero-order valence-electron chi connectivity index (χ0n) is 15.0. The molecule has 8 heteroatoms. The van der Waals surface area contributed by atoms with E-state index in [1.54, 1.807) is 12.1 Å². The SMILES string of the molecule is CC(C)[C@H](N)C(=O)N1NCC[C@@H]1C(=O)N[C@@H](Cc1ccccc1)C(=O)O. The van der Waals surface area contributed by atoms with E-state index in [0.717, 1.165) is 5.56 Å². The molecule has 5 N–H and O–H groups in total. The van der Waals surface area contributed by atoms with E-state index in [2.05, 4.69) is 10.7 Å². The van der Waals surface area contributed by atoms with Crippen molar-refractivity contribution >= 4 is 17.8 Å². The lowest BCUT2D eigenvalue weighted by atomic mass is 10.0. The summed E-state index contributed by atoms with van der Waals surface area (Å²) < 4.78 is 0. The van der Waals surface area contributed by atoms with E-state index < -0.39 is 30.0 Å². The molecule has 2 rings (SSSR count). The number of carboxylic acid groups (broad SMARTS) is 1. The number of aliphatic carboxylic acids is 1. The van der Waals surface area contributed by atoms with Gasteiger partial charge in [0.2, 0.25) is 5.91 Å². The summed E-state index contributed by atoms with van der Waals surface area (Å²) >= 11 is 0. The Balaban J connectivity index is 2.05. The first kappa shape index (κ1) is 19.9. The van der Waals surface area contributed by atoms with Crippen LogP contribution in [0.2, 0.25) is 0 Å². The maximum atomic E-state index is 12.6. The number of benzene rings is 1. The summed E-state index contributed by atoms with van der Waals surface area (Å²) in [6.45, 7) is 4.10. The van der Waals surface area contributed by atoms with Gasteiger partial charge in [-0.3, -0.25) is 14.6 Å². The third-order valence-corrected chi connectivity index (χ3v) is 4.45. The Kier molecular flexibility index (Phi) is 6.70. The number of hydrogen-bond donors (Lipinski definition) is 4. The number of nitrogens with one attached hydrogen (secondary N) is 2. The van der Waals surface area contributed by atoms with E-state index in [0.29, 0.717) is 13.0 Å². The van der Waals surface area contributed by atoms with Gasteiger partial charge >= 0.3 is 5.97 Å². The molecular formula is C18H26N4O4. The Hall–Kier alpha value is -2.45. The van der Waals surface area contributed by atoms with Gasteiger partial charge in [0.25, 0.3) is 5.91 Å². The average molecular weight is 362 g/mol. The van der Waals surface area contributed by atoms with E-state index in [4.69, 9.17) is 5.73 Å². The van der Waals surface area contributed by atoms with Crippen molar-refractivity contribution in [3.63, 3.8) is 0 Å². The van der Waals surface area contributed by atoms with Gasteiger partial charge in [-0.1, -0.05) is 44.2 Å². The number of rotatable bonds is 7. The summed E-state index contributed by atoms with van der Waals surface area (Å²) in [6.07, 6.45) is 0.571. The van der Waals surface area contributed by atoms with Crippen LogP contribution < -0.4 is 16.5 Å². The van der Waals surface area contributed by atoms with Gasteiger partial charge in [0.05, 0.1) is 6.04 Å². The van der Waals surface area contributed by atoms with Gasteiger partial charge in [-0.05, 0) is 17.9 Å². The zero-order valence-corrected chi connectivity index (χ0v) is 15.0. The molecule has 142 valence electrons. The zero-order chi connectivity index (χ0) is 19.3. The fourth-order valence-corrected chi connectivity index (χ4v) is 2.80. The van der Waals surface area contributed by atoms with Crippen LogP contribution in [0.1, 0.15) is 25.8 Å². The predicted octanol–water partition coefficient (Wildman–Crippen LogP) is -0.113. The van der Waals surface area contributed by atoms with E-state index in [1.165, 1.54) is 5.01 Å². The van der Waals surface area contributed by atoms with E-state index in [-0.39, 0.29) is 18.2 Å². The van der Waals surface area contributed by atoms with Crippen molar-refractivity contribution < 1.29 is 19.5 Å². The first-order valence-corrected chi connectivity index (χ1v) is 8.70. The van der Waals surface area contributed by atoms with Crippen molar-refractivity contribution in [2.75, 3.05) is 6.54 Å². The highest BCUT2D eigenvalue weighted by molar-refractivity contribution is 5.92. The third kappa shape index (κ3) is 4.80. The van der Waals surface area contributed by atoms with Gasteiger partial charge in [-0.15, -0.1) is 0 Å². The van der Waals surface area contributed by atoms with Crippen molar-refractivity contribution in [3.05, 3.63) is 35.9 Å². The Labute approximate surface area is 152 Å². The largest absolute Gasteiger partial charge is 0.480 e. The molecule has 26 heavy (non-hydrogen) atoms. The second kappa shape index (κ2) is 8.77. The summed E-state index contributed by atoms with van der Waals surface area (Å²) in [5, 5.41) is 13.2. The smallest absolute Gasteiger partial charge is 0.326 e. The van der Waals surface area contributed by atoms with Crippen LogP contribution in [0.5, 0.6) is 0 Å². The van der Waals surface area contributed by atoms with E-state index in [1.807, 2.05) is 32.0 Å². The van der Waals surface area contributed by atoms with Crippen molar-refractivity contribution in [3.8, 4) is 0 Å². The van der Waals surface area contributed by atoms with Gasteiger partial charge in [0.15, 0.2) is 0 Å². The minimum Gasteiger partial charge on any atom is -0.480 e. The Bertz CT molecular complexity index is 650. The summed E-state index contributed by atoms with van der Waals surface area (Å²) in [4.78, 5) is 36.6. The summed E-state index contributed by atoms with van der Waals surface area (Å²) in [6, 6.07) is 6.49. The monoisotopic (exact) mass is 362 g/mol. The van der Waals surface area contributed by atoms with Gasteiger partial charge < -0.3 is 16.2 Å². The number of nitrogens with two attached hydrogens (primary N) is 1. The molecule has 1 heterocycles. The summed E-state index contributed by atoms with van der Waals surface area (Å²) in [7, 11) is 0. The Morgan fingerprint density at radius 1 is 1.31 bits per heavy atom. The molecule has 3 atom stereocenters. The minimum absolute atomic E-state index is 0.0709. The van der Waals surface area contributed by atoms with Crippen molar-refractivity contribution in [2.24, 2.45) is 11.7 Å². The van der Waals surface area contributed by atoms with Crippen LogP contribution in [0.4, 0.5) is 0 Å². The Morgan fingerprint density at radius 3 is 2.54 bits per heavy atom. The minimum atomic E-state index is -1.12. The van der Waals surface area contributed by atoms with E-state index in [9.17, 15) is 19.5 Å². The van der Waals surface area contributed by atoms with Crippen LogP contribution in [0, 0.1) is 5.92 Å². The molecule has 0 aromatic heterocycles. The maximum absolute atomic E-state index is 12.6. The van der Waals surface area contributed by atoms with Crippen molar-refractivity contribution in [2.45, 2.75) is 44.8 Å². The molecule has 2 amide bonds. The highest BCUT2D eigenvalue weighted by Gasteiger charge is 2.38. The van der Waals surface area contributed by atoms with Crippen molar-refractivity contribution in [1.82, 2.24) is 15.8 Å². The number of nitrogens with zero attached hydrogens (tertiary/aromatic N) is 1. The average Bonchev–Trinajstić information content (AvgIpc) is 3.10. The number of carbonyl (C=O) groups excluding carboxylic acids is 2. The molecule has 1 aromatic rings. The van der Waals surface area contributed by atoms with Crippen molar-refractivity contribution in [1.29, 1.82) is 0 Å². The molecule has 1 saturated heterocycles. The predicted molar refractivity (Wildman–Crippen MR) is 95.8 cm³/mol. The van der Waals surface area contributed by atoms with E-state index >= 15 is 0 Å². The van der Waals surface area contributed by atoms with Crippen LogP contribution in [-0.2, 0) is 20.8 Å². The molecule has 0 bridgehead atoms. The maximum Gasteiger partial charge on any atom is 0.326 e. The molecule has 0 aliphatic carbocycles. The molecule has 1 aliphatic heterocycles. The van der Waals surface area contributed by atoms with Crippen LogP contribution in [0.25, 0.3) is 0 Å². The molecule has 0 unspecified atom stereocenters. The van der Waals surface area contributed by atoms with Crippen LogP contribution in [-0.4, -0.2) is 52.6 Å². The molecule has 1 fully saturated rings. The van der Waals surface area contributed by atoms with Gasteiger partial charge in [0, 0.05) is 13.0 Å². The normalized spacial score (nSPS) is 19.2. The van der Waals surface area contributed by atoms with Crippen LogP contribution in [0.15, 0.2) is 30.3 Å². The molecule has 8 nitrogen and oxygen atoms in total. The standard InChI is InChI=1S/C18H26N4O4/c1-11(2)15(19)17(24)22-14(8-9-20-22)16(23)21-13(18(25)26)10-12-6-4-3-5-7-12/h3-7,11,13-15,20H,8-10,19H2,1-2H3,(H,21,23)(H,25,26)/t13-,14+,15-/m0/s1. The highest BCUT2D eigenvalue weighted by Crippen LogP contribution is 2.14. The summed E-state index contributed by atoms with van der Waals surface area (Å²) in [5.41, 5.74) is 9.57. The lowest BCUT2D eigenvalue weighted by molar-refractivity contribution is -0.145. The number of carbonyl (C=O) groups is 3. The number of hydrazine groups is 1. The van der Waals surface area contributed by atoms with Crippen LogP contribution >= 0.6 is 0 Å². The second-order valence-electron chi connectivity index (χ2n) is 6.78. The topological polar surface area (TPSA) is 125 Å². The quantitative estimate of drug-likeness (QED) is 0.536. The molecule has 0 saturated carbocycles. The number of hydrogen-bond acceptors (Lipinski definition) is 5. The highest BCUT2D eigenvalue weighted by atomic mass is 16.4. The molecular weight excluding hydrogens is 336 g/mol. The number of amides is 2. The second-order valence-corrected chi connectivity index (χ2v) is 6.78. The first-order chi connectivity index (χ1) is 12.3. The Morgan fingerprint density at radius 2 is 1.96 bits per heavy atom. The van der Waals surface area contributed by atoms with Gasteiger partial charge in [-0.2, -0.15) is 0 Å². The molecule has 1 aliphatic rings. The lowest BCUT2D eigenvalue weighted by Gasteiger charge is -2.28.